The van der Waals surface area contributed by atoms with E-state index in [2.05, 4.69) is 0 Å². The van der Waals surface area contributed by atoms with Crippen molar-refractivity contribution in [1.29, 1.82) is 0 Å². The molecule has 0 fully saturated rings. The summed E-state index contributed by atoms with van der Waals surface area (Å²) < 4.78 is 16.9. The van der Waals surface area contributed by atoms with Crippen LogP contribution < -0.4 is 0 Å². The van der Waals surface area contributed by atoms with Crippen LogP contribution in [0.4, 0.5) is 0 Å². The summed E-state index contributed by atoms with van der Waals surface area (Å²) in [5.41, 5.74) is 0. The van der Waals surface area contributed by atoms with Crippen LogP contribution in [0.5, 0.6) is 0 Å². The van der Waals surface area contributed by atoms with Gasteiger partial charge in [0, 0.05) is 4.88 Å². The molecule has 15 heavy (non-hydrogen) atoms. The molecule has 86 valence electrons. The summed E-state index contributed by atoms with van der Waals surface area (Å²) in [4.78, 5) is 10.5. The third-order valence-corrected chi connectivity index (χ3v) is 4.50. The first kappa shape index (κ1) is 12.9. The van der Waals surface area contributed by atoms with Crippen molar-refractivity contribution in [2.45, 2.75) is 39.0 Å². The van der Waals surface area contributed by atoms with Crippen LogP contribution in [0.3, 0.4) is 0 Å². The Balaban J connectivity index is 2.48. The van der Waals surface area contributed by atoms with Gasteiger partial charge in [-0.15, -0.1) is 11.3 Å². The molecule has 0 aliphatic rings. The molecule has 5 heteroatoms. The summed E-state index contributed by atoms with van der Waals surface area (Å²) in [6.07, 6.45) is 1.75. The van der Waals surface area contributed by atoms with Crippen molar-refractivity contribution in [3.05, 3.63) is 22.4 Å². The standard InChI is InChI=1S/C10H17O3PS/c1-3-5-9(2)13-14(11,12)8-10-6-4-7-15-10/h4,6-7,9H,3,5,8H2,1-2H3,(H,11,12). The van der Waals surface area contributed by atoms with Crippen LogP contribution >= 0.6 is 18.9 Å². The Morgan fingerprint density at radius 1 is 1.67 bits per heavy atom. The summed E-state index contributed by atoms with van der Waals surface area (Å²) >= 11 is 1.48. The minimum atomic E-state index is -3.46. The average Bonchev–Trinajstić information content (AvgIpc) is 2.54. The van der Waals surface area contributed by atoms with Crippen molar-refractivity contribution in [3.8, 4) is 0 Å². The molecule has 1 heterocycles. The molecule has 1 rings (SSSR count). The molecule has 0 saturated carbocycles. The van der Waals surface area contributed by atoms with E-state index in [4.69, 9.17) is 4.52 Å². The molecule has 0 aliphatic carbocycles. The predicted octanol–water partition coefficient (Wildman–Crippen LogP) is 3.64. The van der Waals surface area contributed by atoms with Crippen molar-refractivity contribution in [1.82, 2.24) is 0 Å². The zero-order chi connectivity index (χ0) is 11.3. The van der Waals surface area contributed by atoms with Gasteiger partial charge in [0.15, 0.2) is 0 Å². The molecular weight excluding hydrogens is 231 g/mol. The van der Waals surface area contributed by atoms with Crippen molar-refractivity contribution in [2.75, 3.05) is 0 Å². The maximum absolute atomic E-state index is 11.7. The molecule has 0 spiro atoms. The lowest BCUT2D eigenvalue weighted by Gasteiger charge is -2.16. The Labute approximate surface area is 94.6 Å². The molecule has 3 nitrogen and oxygen atoms in total. The van der Waals surface area contributed by atoms with E-state index in [1.807, 2.05) is 31.4 Å². The van der Waals surface area contributed by atoms with Gasteiger partial charge in [-0.2, -0.15) is 0 Å². The van der Waals surface area contributed by atoms with Gasteiger partial charge in [-0.05, 0) is 24.8 Å². The maximum Gasteiger partial charge on any atom is 0.333 e. The zero-order valence-corrected chi connectivity index (χ0v) is 10.8. The Morgan fingerprint density at radius 2 is 2.40 bits per heavy atom. The third-order valence-electron chi connectivity index (χ3n) is 1.98. The lowest BCUT2D eigenvalue weighted by atomic mass is 10.2. The molecule has 0 bridgehead atoms. The molecule has 0 saturated heterocycles. The molecule has 0 aliphatic heterocycles. The number of rotatable bonds is 6. The van der Waals surface area contributed by atoms with Crippen LogP contribution in [0.15, 0.2) is 17.5 Å². The van der Waals surface area contributed by atoms with Crippen molar-refractivity contribution < 1.29 is 14.0 Å². The van der Waals surface area contributed by atoms with E-state index in [0.717, 1.165) is 17.7 Å². The van der Waals surface area contributed by atoms with Gasteiger partial charge in [0.25, 0.3) is 0 Å². The Morgan fingerprint density at radius 3 is 2.93 bits per heavy atom. The van der Waals surface area contributed by atoms with E-state index in [1.165, 1.54) is 11.3 Å². The van der Waals surface area contributed by atoms with Crippen LogP contribution in [0.25, 0.3) is 0 Å². The minimum absolute atomic E-state index is 0.124. The first-order valence-corrected chi connectivity index (χ1v) is 7.70. The summed E-state index contributed by atoms with van der Waals surface area (Å²) in [5.74, 6) is 0. The highest BCUT2D eigenvalue weighted by atomic mass is 32.1. The first-order chi connectivity index (χ1) is 7.03. The Hall–Kier alpha value is -0.150. The summed E-state index contributed by atoms with van der Waals surface area (Å²) in [5, 5.41) is 1.89. The second-order valence-electron chi connectivity index (χ2n) is 3.58. The van der Waals surface area contributed by atoms with E-state index in [1.54, 1.807) is 0 Å². The van der Waals surface area contributed by atoms with Crippen molar-refractivity contribution >= 4 is 18.9 Å². The number of hydrogen-bond acceptors (Lipinski definition) is 3. The smallest absolute Gasteiger partial charge is 0.324 e. The highest BCUT2D eigenvalue weighted by molar-refractivity contribution is 7.52. The predicted molar refractivity (Wildman–Crippen MR) is 63.3 cm³/mol. The van der Waals surface area contributed by atoms with Gasteiger partial charge >= 0.3 is 7.60 Å². The summed E-state index contributed by atoms with van der Waals surface area (Å²) in [6.45, 7) is 3.86. The first-order valence-electron chi connectivity index (χ1n) is 5.06. The quantitative estimate of drug-likeness (QED) is 0.782. The van der Waals surface area contributed by atoms with Crippen LogP contribution in [-0.2, 0) is 15.3 Å². The highest BCUT2D eigenvalue weighted by Crippen LogP contribution is 2.48. The van der Waals surface area contributed by atoms with E-state index in [-0.39, 0.29) is 12.3 Å². The number of thiophene rings is 1. The van der Waals surface area contributed by atoms with Crippen molar-refractivity contribution in [2.24, 2.45) is 0 Å². The summed E-state index contributed by atoms with van der Waals surface area (Å²) in [7, 11) is -3.46. The van der Waals surface area contributed by atoms with E-state index in [0.29, 0.717) is 0 Å². The molecule has 2 unspecified atom stereocenters. The fraction of sp³-hybridized carbons (Fsp3) is 0.600. The second-order valence-corrected chi connectivity index (χ2v) is 6.41. The fourth-order valence-electron chi connectivity index (χ4n) is 1.38. The SMILES string of the molecule is CCCC(C)OP(=O)(O)Cc1cccs1. The topological polar surface area (TPSA) is 46.5 Å². The summed E-state index contributed by atoms with van der Waals surface area (Å²) in [6, 6.07) is 3.72. The van der Waals surface area contributed by atoms with E-state index >= 15 is 0 Å². The molecule has 0 radical (unpaired) electrons. The molecule has 0 amide bonds. The zero-order valence-electron chi connectivity index (χ0n) is 9.05. The fourth-order valence-corrected chi connectivity index (χ4v) is 3.90. The number of hydrogen-bond donors (Lipinski definition) is 1. The Kier molecular flexibility index (Phi) is 5.00. The van der Waals surface area contributed by atoms with Gasteiger partial charge < -0.3 is 9.42 Å². The Bertz CT molecular complexity index is 323. The van der Waals surface area contributed by atoms with Gasteiger partial charge in [-0.25, -0.2) is 0 Å². The van der Waals surface area contributed by atoms with Crippen LogP contribution in [0.1, 0.15) is 31.6 Å². The molecule has 2 atom stereocenters. The average molecular weight is 248 g/mol. The van der Waals surface area contributed by atoms with Crippen molar-refractivity contribution in [3.63, 3.8) is 0 Å². The molecule has 1 N–H and O–H groups in total. The van der Waals surface area contributed by atoms with E-state index in [9.17, 15) is 9.46 Å². The maximum atomic E-state index is 11.7. The van der Waals surface area contributed by atoms with E-state index < -0.39 is 7.60 Å². The van der Waals surface area contributed by atoms with Gasteiger partial charge in [-0.1, -0.05) is 19.4 Å². The second kappa shape index (κ2) is 5.80. The van der Waals surface area contributed by atoms with Crippen LogP contribution in [0.2, 0.25) is 0 Å². The molecule has 1 aromatic rings. The monoisotopic (exact) mass is 248 g/mol. The molecular formula is C10H17O3PS. The minimum Gasteiger partial charge on any atom is -0.324 e. The highest BCUT2D eigenvalue weighted by Gasteiger charge is 2.23. The lowest BCUT2D eigenvalue weighted by Crippen LogP contribution is -2.06. The lowest BCUT2D eigenvalue weighted by molar-refractivity contribution is 0.179. The van der Waals surface area contributed by atoms with Gasteiger partial charge in [-0.3, -0.25) is 4.57 Å². The molecule has 1 aromatic heterocycles. The van der Waals surface area contributed by atoms with Gasteiger partial charge in [0.05, 0.1) is 12.3 Å². The third kappa shape index (κ3) is 4.94. The normalized spacial score (nSPS) is 17.3. The largest absolute Gasteiger partial charge is 0.333 e. The molecule has 0 aromatic carbocycles. The van der Waals surface area contributed by atoms with Crippen LogP contribution in [0, 0.1) is 0 Å². The van der Waals surface area contributed by atoms with Gasteiger partial charge in [0.1, 0.15) is 0 Å². The van der Waals surface area contributed by atoms with Crippen LogP contribution in [-0.4, -0.2) is 11.0 Å². The van der Waals surface area contributed by atoms with Gasteiger partial charge in [0.2, 0.25) is 0 Å².